The number of halogens is 2. The van der Waals surface area contributed by atoms with Crippen LogP contribution in [0, 0.1) is 5.92 Å². The first kappa shape index (κ1) is 13.7. The highest BCUT2D eigenvalue weighted by molar-refractivity contribution is 6.42. The third-order valence-electron chi connectivity index (χ3n) is 4.64. The van der Waals surface area contributed by atoms with E-state index in [0.717, 1.165) is 18.5 Å². The van der Waals surface area contributed by atoms with Crippen molar-refractivity contribution < 1.29 is 5.11 Å². The summed E-state index contributed by atoms with van der Waals surface area (Å²) in [6, 6.07) is 5.75. The number of likely N-dealkylation sites (tertiary alicyclic amines) is 1. The zero-order chi connectivity index (χ0) is 14.0. The standard InChI is InChI=1S/C15H19Cl2NO/c1-14(2,3)18-8-10-7-15(10,13(18)19)9-4-5-11(16)12(17)6-9/h4-6,10,13,19H,7-8H2,1-3H3. The summed E-state index contributed by atoms with van der Waals surface area (Å²) in [5.41, 5.74) is 0.962. The van der Waals surface area contributed by atoms with Gasteiger partial charge in [-0.2, -0.15) is 0 Å². The molecule has 1 saturated carbocycles. The maximum absolute atomic E-state index is 10.7. The van der Waals surface area contributed by atoms with E-state index < -0.39 is 6.23 Å². The number of nitrogens with zero attached hydrogens (tertiary/aromatic N) is 1. The normalized spacial score (nSPS) is 34.4. The third-order valence-corrected chi connectivity index (χ3v) is 5.38. The molecule has 0 bridgehead atoms. The number of aliphatic hydroxyl groups is 1. The van der Waals surface area contributed by atoms with Gasteiger partial charge in [0.15, 0.2) is 0 Å². The summed E-state index contributed by atoms with van der Waals surface area (Å²) in [6.45, 7) is 7.38. The molecule has 1 aromatic carbocycles. The van der Waals surface area contributed by atoms with Crippen molar-refractivity contribution >= 4 is 23.2 Å². The number of rotatable bonds is 1. The Bertz CT molecular complexity index is 525. The Balaban J connectivity index is 1.96. The van der Waals surface area contributed by atoms with Crippen molar-refractivity contribution in [3.8, 4) is 0 Å². The summed E-state index contributed by atoms with van der Waals surface area (Å²) in [6.07, 6.45) is 0.605. The second-order valence-electron chi connectivity index (χ2n) is 6.77. The summed E-state index contributed by atoms with van der Waals surface area (Å²) in [5, 5.41) is 11.9. The lowest BCUT2D eigenvalue weighted by molar-refractivity contribution is -0.0464. The maximum atomic E-state index is 10.7. The highest BCUT2D eigenvalue weighted by atomic mass is 35.5. The zero-order valence-corrected chi connectivity index (χ0v) is 13.0. The molecule has 2 nitrogen and oxygen atoms in total. The Morgan fingerprint density at radius 2 is 1.95 bits per heavy atom. The lowest BCUT2D eigenvalue weighted by Gasteiger charge is -2.38. The van der Waals surface area contributed by atoms with Crippen LogP contribution in [0.3, 0.4) is 0 Å². The van der Waals surface area contributed by atoms with E-state index >= 15 is 0 Å². The molecular weight excluding hydrogens is 281 g/mol. The van der Waals surface area contributed by atoms with Crippen LogP contribution in [0.5, 0.6) is 0 Å². The van der Waals surface area contributed by atoms with Gasteiger partial charge in [-0.25, -0.2) is 0 Å². The van der Waals surface area contributed by atoms with E-state index in [0.29, 0.717) is 16.0 Å². The van der Waals surface area contributed by atoms with Gasteiger partial charge in [0.1, 0.15) is 6.23 Å². The van der Waals surface area contributed by atoms with Gasteiger partial charge in [0.2, 0.25) is 0 Å². The number of hydrogen-bond donors (Lipinski definition) is 1. The number of hydrogen-bond acceptors (Lipinski definition) is 2. The van der Waals surface area contributed by atoms with Gasteiger partial charge in [-0.05, 0) is 50.8 Å². The van der Waals surface area contributed by atoms with E-state index in [1.54, 1.807) is 0 Å². The lowest BCUT2D eigenvalue weighted by atomic mass is 9.92. The average Bonchev–Trinajstić information content (AvgIpc) is 2.96. The van der Waals surface area contributed by atoms with Crippen LogP contribution < -0.4 is 0 Å². The predicted octanol–water partition coefficient (Wildman–Crippen LogP) is 3.68. The van der Waals surface area contributed by atoms with Crippen LogP contribution in [0.25, 0.3) is 0 Å². The van der Waals surface area contributed by atoms with Gasteiger partial charge in [-0.3, -0.25) is 4.90 Å². The maximum Gasteiger partial charge on any atom is 0.117 e. The molecule has 0 radical (unpaired) electrons. The summed E-state index contributed by atoms with van der Waals surface area (Å²) in [5.74, 6) is 0.527. The Morgan fingerprint density at radius 3 is 2.47 bits per heavy atom. The van der Waals surface area contributed by atoms with Crippen molar-refractivity contribution in [3.63, 3.8) is 0 Å². The fraction of sp³-hybridized carbons (Fsp3) is 0.600. The van der Waals surface area contributed by atoms with Gasteiger partial charge >= 0.3 is 0 Å². The number of piperidine rings is 1. The SMILES string of the molecule is CC(C)(C)N1CC2CC2(c2ccc(Cl)c(Cl)c2)C1O. The molecule has 3 rings (SSSR count). The van der Waals surface area contributed by atoms with Gasteiger partial charge < -0.3 is 5.11 Å². The van der Waals surface area contributed by atoms with Crippen molar-refractivity contribution in [2.24, 2.45) is 5.92 Å². The third kappa shape index (κ3) is 1.92. The monoisotopic (exact) mass is 299 g/mol. The molecule has 1 heterocycles. The molecule has 0 aromatic heterocycles. The van der Waals surface area contributed by atoms with Gasteiger partial charge in [0, 0.05) is 17.5 Å². The first-order chi connectivity index (χ1) is 8.76. The molecular formula is C15H19Cl2NO. The van der Waals surface area contributed by atoms with Crippen LogP contribution >= 0.6 is 23.2 Å². The molecule has 0 spiro atoms. The Hall–Kier alpha value is -0.280. The van der Waals surface area contributed by atoms with E-state index in [2.05, 4.69) is 25.7 Å². The van der Waals surface area contributed by atoms with Crippen molar-refractivity contribution in [2.45, 2.75) is 44.4 Å². The first-order valence-electron chi connectivity index (χ1n) is 6.67. The molecule has 1 aliphatic heterocycles. The van der Waals surface area contributed by atoms with E-state index in [4.69, 9.17) is 23.2 Å². The number of fused-ring (bicyclic) bond motifs is 1. The molecule has 1 N–H and O–H groups in total. The Labute approximate surface area is 124 Å². The van der Waals surface area contributed by atoms with Gasteiger partial charge in [-0.15, -0.1) is 0 Å². The van der Waals surface area contributed by atoms with Crippen LogP contribution in [-0.4, -0.2) is 28.3 Å². The molecule has 3 unspecified atom stereocenters. The summed E-state index contributed by atoms with van der Waals surface area (Å²) in [7, 11) is 0. The van der Waals surface area contributed by atoms with Crippen LogP contribution in [0.4, 0.5) is 0 Å². The molecule has 1 saturated heterocycles. The lowest BCUT2D eigenvalue weighted by Crippen LogP contribution is -2.49. The van der Waals surface area contributed by atoms with Crippen LogP contribution in [0.1, 0.15) is 32.8 Å². The van der Waals surface area contributed by atoms with Crippen LogP contribution in [0.15, 0.2) is 18.2 Å². The molecule has 2 fully saturated rings. The molecule has 1 aromatic rings. The second-order valence-corrected chi connectivity index (χ2v) is 7.58. The zero-order valence-electron chi connectivity index (χ0n) is 11.5. The Kier molecular flexibility index (Phi) is 2.96. The van der Waals surface area contributed by atoms with E-state index in [1.807, 2.05) is 18.2 Å². The van der Waals surface area contributed by atoms with Crippen LogP contribution in [0.2, 0.25) is 10.0 Å². The minimum atomic E-state index is -0.435. The van der Waals surface area contributed by atoms with Gasteiger partial charge in [0.25, 0.3) is 0 Å². The predicted molar refractivity (Wildman–Crippen MR) is 78.7 cm³/mol. The fourth-order valence-corrected chi connectivity index (χ4v) is 3.73. The van der Waals surface area contributed by atoms with Crippen molar-refractivity contribution in [1.82, 2.24) is 4.90 Å². The minimum Gasteiger partial charge on any atom is -0.377 e. The topological polar surface area (TPSA) is 23.5 Å². The summed E-state index contributed by atoms with van der Waals surface area (Å²) in [4.78, 5) is 2.18. The van der Waals surface area contributed by atoms with Gasteiger partial charge in [-0.1, -0.05) is 29.3 Å². The summed E-state index contributed by atoms with van der Waals surface area (Å²) >= 11 is 12.1. The van der Waals surface area contributed by atoms with Crippen LogP contribution in [-0.2, 0) is 5.41 Å². The largest absolute Gasteiger partial charge is 0.377 e. The van der Waals surface area contributed by atoms with E-state index in [-0.39, 0.29) is 11.0 Å². The van der Waals surface area contributed by atoms with Crippen molar-refractivity contribution in [2.75, 3.05) is 6.54 Å². The van der Waals surface area contributed by atoms with E-state index in [1.165, 1.54) is 0 Å². The molecule has 4 heteroatoms. The molecule has 1 aliphatic carbocycles. The molecule has 19 heavy (non-hydrogen) atoms. The number of aliphatic hydroxyl groups excluding tert-OH is 1. The minimum absolute atomic E-state index is 0.0178. The van der Waals surface area contributed by atoms with E-state index in [9.17, 15) is 5.11 Å². The quantitative estimate of drug-likeness (QED) is 0.855. The van der Waals surface area contributed by atoms with Gasteiger partial charge in [0.05, 0.1) is 10.0 Å². The highest BCUT2D eigenvalue weighted by Crippen LogP contribution is 2.63. The number of benzene rings is 1. The average molecular weight is 300 g/mol. The molecule has 104 valence electrons. The molecule has 0 amide bonds. The van der Waals surface area contributed by atoms with Crippen molar-refractivity contribution in [1.29, 1.82) is 0 Å². The Morgan fingerprint density at radius 1 is 1.26 bits per heavy atom. The smallest absolute Gasteiger partial charge is 0.117 e. The first-order valence-corrected chi connectivity index (χ1v) is 7.43. The summed E-state index contributed by atoms with van der Waals surface area (Å²) < 4.78 is 0. The molecule has 3 atom stereocenters. The fourth-order valence-electron chi connectivity index (χ4n) is 3.44. The molecule has 2 aliphatic rings. The van der Waals surface area contributed by atoms with Crippen molar-refractivity contribution in [3.05, 3.63) is 33.8 Å². The second kappa shape index (κ2) is 4.11. The highest BCUT2D eigenvalue weighted by Gasteiger charge is 2.67.